The molecule has 0 unspecified atom stereocenters. The van der Waals surface area contributed by atoms with E-state index in [1.807, 2.05) is 0 Å². The fraction of sp³-hybridized carbons (Fsp3) is 0.889. The zero-order valence-corrected chi connectivity index (χ0v) is 7.58. The Hall–Kier alpha value is -0.610. The number of amides is 1. The maximum atomic E-state index is 11.2. The third kappa shape index (κ3) is 1.84. The van der Waals surface area contributed by atoms with Crippen LogP contribution in [0, 0.1) is 0 Å². The highest BCUT2D eigenvalue weighted by atomic mass is 16.5. The molecule has 2 rings (SSSR count). The number of ether oxygens (including phenoxy) is 1. The lowest BCUT2D eigenvalue weighted by Crippen LogP contribution is -2.57. The van der Waals surface area contributed by atoms with Crippen LogP contribution in [0.5, 0.6) is 0 Å². The predicted octanol–water partition coefficient (Wildman–Crippen LogP) is -0.193. The molecule has 74 valence electrons. The molecule has 0 aromatic heterocycles. The van der Waals surface area contributed by atoms with Crippen molar-refractivity contribution < 1.29 is 14.6 Å². The Kier molecular flexibility index (Phi) is 2.26. The maximum absolute atomic E-state index is 11.2. The standard InChI is InChI=1S/C9H15NO3/c11-7-5-8(12)10-9(6-7)1-3-13-4-2-9/h7,11H,1-6H2,(H,10,12)/t7-/m1/s1. The first kappa shape index (κ1) is 8.97. The van der Waals surface area contributed by atoms with E-state index in [-0.39, 0.29) is 17.9 Å². The number of carbonyl (C=O) groups excluding carboxylic acids is 1. The van der Waals surface area contributed by atoms with Crippen LogP contribution in [0.2, 0.25) is 0 Å². The van der Waals surface area contributed by atoms with Gasteiger partial charge in [0.05, 0.1) is 12.5 Å². The first-order valence-corrected chi connectivity index (χ1v) is 4.77. The molecule has 2 N–H and O–H groups in total. The van der Waals surface area contributed by atoms with Crippen LogP contribution >= 0.6 is 0 Å². The van der Waals surface area contributed by atoms with Crippen molar-refractivity contribution in [3.8, 4) is 0 Å². The SMILES string of the molecule is O=C1C[C@@H](O)CC2(CCOCC2)N1. The average molecular weight is 185 g/mol. The van der Waals surface area contributed by atoms with Crippen molar-refractivity contribution >= 4 is 5.91 Å². The van der Waals surface area contributed by atoms with E-state index in [9.17, 15) is 9.90 Å². The van der Waals surface area contributed by atoms with Crippen LogP contribution in [0.15, 0.2) is 0 Å². The van der Waals surface area contributed by atoms with E-state index >= 15 is 0 Å². The molecule has 0 aromatic rings. The Labute approximate surface area is 77.3 Å². The van der Waals surface area contributed by atoms with Crippen molar-refractivity contribution in [1.82, 2.24) is 5.32 Å². The van der Waals surface area contributed by atoms with Gasteiger partial charge in [-0.2, -0.15) is 0 Å². The van der Waals surface area contributed by atoms with Gasteiger partial charge in [-0.25, -0.2) is 0 Å². The van der Waals surface area contributed by atoms with Crippen molar-refractivity contribution in [1.29, 1.82) is 0 Å². The van der Waals surface area contributed by atoms with Crippen LogP contribution in [-0.4, -0.2) is 35.9 Å². The zero-order valence-electron chi connectivity index (χ0n) is 7.58. The Balaban J connectivity index is 2.06. The number of hydrogen-bond acceptors (Lipinski definition) is 3. The number of carbonyl (C=O) groups is 1. The van der Waals surface area contributed by atoms with Crippen molar-refractivity contribution in [3.05, 3.63) is 0 Å². The molecule has 2 fully saturated rings. The Morgan fingerprint density at radius 2 is 2.15 bits per heavy atom. The summed E-state index contributed by atoms with van der Waals surface area (Å²) in [6, 6.07) is 0. The second kappa shape index (κ2) is 3.27. The van der Waals surface area contributed by atoms with Gasteiger partial charge in [-0.3, -0.25) is 4.79 Å². The van der Waals surface area contributed by atoms with Gasteiger partial charge in [-0.1, -0.05) is 0 Å². The normalized spacial score (nSPS) is 33.0. The molecule has 2 aliphatic heterocycles. The predicted molar refractivity (Wildman–Crippen MR) is 46.2 cm³/mol. The second-order valence-corrected chi connectivity index (χ2v) is 4.00. The van der Waals surface area contributed by atoms with Crippen LogP contribution in [0.25, 0.3) is 0 Å². The second-order valence-electron chi connectivity index (χ2n) is 4.00. The van der Waals surface area contributed by atoms with Gasteiger partial charge in [-0.15, -0.1) is 0 Å². The summed E-state index contributed by atoms with van der Waals surface area (Å²) in [4.78, 5) is 11.2. The number of hydrogen-bond donors (Lipinski definition) is 2. The van der Waals surface area contributed by atoms with Crippen molar-refractivity contribution in [2.45, 2.75) is 37.3 Å². The number of nitrogens with one attached hydrogen (secondary N) is 1. The van der Waals surface area contributed by atoms with Gasteiger partial charge in [0, 0.05) is 18.8 Å². The molecule has 2 heterocycles. The Bertz CT molecular complexity index is 211. The van der Waals surface area contributed by atoms with Crippen molar-refractivity contribution in [3.63, 3.8) is 0 Å². The first-order valence-electron chi connectivity index (χ1n) is 4.77. The molecule has 1 amide bonds. The zero-order chi connectivity index (χ0) is 9.31. The van der Waals surface area contributed by atoms with Gasteiger partial charge < -0.3 is 15.2 Å². The van der Waals surface area contributed by atoms with Gasteiger partial charge >= 0.3 is 0 Å². The molecule has 0 aliphatic carbocycles. The number of aliphatic hydroxyl groups excluding tert-OH is 1. The summed E-state index contributed by atoms with van der Waals surface area (Å²) in [6.07, 6.45) is 2.13. The van der Waals surface area contributed by atoms with Gasteiger partial charge in [0.15, 0.2) is 0 Å². The molecule has 13 heavy (non-hydrogen) atoms. The van der Waals surface area contributed by atoms with E-state index in [4.69, 9.17) is 4.74 Å². The number of piperidine rings is 1. The fourth-order valence-electron chi connectivity index (χ4n) is 2.23. The lowest BCUT2D eigenvalue weighted by Gasteiger charge is -2.42. The molecule has 1 spiro atoms. The smallest absolute Gasteiger partial charge is 0.223 e. The topological polar surface area (TPSA) is 58.6 Å². The quantitative estimate of drug-likeness (QED) is 0.550. The van der Waals surface area contributed by atoms with Crippen LogP contribution < -0.4 is 5.32 Å². The summed E-state index contributed by atoms with van der Waals surface area (Å²) >= 11 is 0. The average Bonchev–Trinajstić information content (AvgIpc) is 2.02. The first-order chi connectivity index (χ1) is 6.20. The molecule has 0 radical (unpaired) electrons. The molecule has 0 bridgehead atoms. The van der Waals surface area contributed by atoms with Gasteiger partial charge in [0.1, 0.15) is 0 Å². The van der Waals surface area contributed by atoms with E-state index in [0.717, 1.165) is 12.8 Å². The van der Waals surface area contributed by atoms with Gasteiger partial charge in [0.2, 0.25) is 5.91 Å². The summed E-state index contributed by atoms with van der Waals surface area (Å²) in [7, 11) is 0. The minimum absolute atomic E-state index is 0.0272. The highest BCUT2D eigenvalue weighted by Crippen LogP contribution is 2.29. The third-order valence-corrected chi connectivity index (χ3v) is 2.90. The maximum Gasteiger partial charge on any atom is 0.223 e. The van der Waals surface area contributed by atoms with Gasteiger partial charge in [-0.05, 0) is 19.3 Å². The fourth-order valence-corrected chi connectivity index (χ4v) is 2.23. The summed E-state index contributed by atoms with van der Waals surface area (Å²) in [6.45, 7) is 1.38. The Morgan fingerprint density at radius 1 is 1.46 bits per heavy atom. The molecule has 0 saturated carbocycles. The lowest BCUT2D eigenvalue weighted by molar-refractivity contribution is -0.131. The van der Waals surface area contributed by atoms with E-state index < -0.39 is 6.10 Å². The summed E-state index contributed by atoms with van der Waals surface area (Å²) in [5.74, 6) is -0.0272. The minimum atomic E-state index is -0.466. The van der Waals surface area contributed by atoms with Crippen LogP contribution in [0.3, 0.4) is 0 Å². The van der Waals surface area contributed by atoms with Crippen molar-refractivity contribution in [2.24, 2.45) is 0 Å². The van der Waals surface area contributed by atoms with Gasteiger partial charge in [0.25, 0.3) is 0 Å². The molecular formula is C9H15NO3. The molecule has 4 heteroatoms. The lowest BCUT2D eigenvalue weighted by atomic mass is 9.81. The van der Waals surface area contributed by atoms with Crippen LogP contribution in [0.4, 0.5) is 0 Å². The third-order valence-electron chi connectivity index (χ3n) is 2.90. The molecular weight excluding hydrogens is 170 g/mol. The van der Waals surface area contributed by atoms with Crippen LogP contribution in [-0.2, 0) is 9.53 Å². The van der Waals surface area contributed by atoms with E-state index in [2.05, 4.69) is 5.32 Å². The molecule has 2 saturated heterocycles. The Morgan fingerprint density at radius 3 is 2.77 bits per heavy atom. The number of rotatable bonds is 0. The summed E-state index contributed by atoms with van der Waals surface area (Å²) in [5.41, 5.74) is -0.174. The molecule has 4 nitrogen and oxygen atoms in total. The van der Waals surface area contributed by atoms with E-state index in [0.29, 0.717) is 19.6 Å². The monoisotopic (exact) mass is 185 g/mol. The largest absolute Gasteiger partial charge is 0.393 e. The van der Waals surface area contributed by atoms with E-state index in [1.54, 1.807) is 0 Å². The van der Waals surface area contributed by atoms with Crippen LogP contribution in [0.1, 0.15) is 25.7 Å². The van der Waals surface area contributed by atoms with Crippen molar-refractivity contribution in [2.75, 3.05) is 13.2 Å². The molecule has 0 aromatic carbocycles. The highest BCUT2D eigenvalue weighted by molar-refractivity contribution is 5.78. The summed E-state index contributed by atoms with van der Waals surface area (Å²) in [5, 5.41) is 12.5. The molecule has 1 atom stereocenters. The van der Waals surface area contributed by atoms with E-state index in [1.165, 1.54) is 0 Å². The molecule has 2 aliphatic rings. The minimum Gasteiger partial charge on any atom is -0.393 e. The highest BCUT2D eigenvalue weighted by Gasteiger charge is 2.39. The summed E-state index contributed by atoms with van der Waals surface area (Å²) < 4.78 is 5.23. The number of aliphatic hydroxyl groups is 1.